The average molecular weight is 308 g/mol. The molecule has 1 saturated heterocycles. The standard InChI is InChI=1S/C11H16N2O.C4H4O4/c1-13-7-4-11(14,5-8-13)10-3-2-6-12-9-10;5-3(6)1-2-4(7)8/h2-3,6,9,14H,4-5,7-8H2,1H3;1-2H,(H,5,6)(H,7,8)/b;2-1+. The lowest BCUT2D eigenvalue weighted by Gasteiger charge is -2.36. The van der Waals surface area contributed by atoms with Gasteiger partial charge in [0.25, 0.3) is 0 Å². The van der Waals surface area contributed by atoms with Gasteiger partial charge in [-0.1, -0.05) is 6.07 Å². The van der Waals surface area contributed by atoms with Gasteiger partial charge in [-0.3, -0.25) is 4.98 Å². The molecule has 0 bridgehead atoms. The molecule has 0 aliphatic carbocycles. The molecule has 0 saturated carbocycles. The van der Waals surface area contributed by atoms with E-state index in [-0.39, 0.29) is 0 Å². The van der Waals surface area contributed by atoms with Crippen molar-refractivity contribution in [1.82, 2.24) is 9.88 Å². The highest BCUT2D eigenvalue weighted by molar-refractivity contribution is 5.89. The summed E-state index contributed by atoms with van der Waals surface area (Å²) in [5.41, 5.74) is 0.300. The van der Waals surface area contributed by atoms with E-state index in [1.807, 2.05) is 12.1 Å². The molecule has 1 fully saturated rings. The SMILES string of the molecule is CN1CCC(O)(c2cccnc2)CC1.O=C(O)/C=C/C(=O)O. The second kappa shape index (κ2) is 8.26. The summed E-state index contributed by atoms with van der Waals surface area (Å²) in [6, 6.07) is 3.84. The van der Waals surface area contributed by atoms with Crippen LogP contribution in [0.4, 0.5) is 0 Å². The van der Waals surface area contributed by atoms with E-state index in [9.17, 15) is 14.7 Å². The highest BCUT2D eigenvalue weighted by atomic mass is 16.4. The largest absolute Gasteiger partial charge is 0.478 e. The first-order valence-corrected chi connectivity index (χ1v) is 6.79. The zero-order valence-corrected chi connectivity index (χ0v) is 12.3. The van der Waals surface area contributed by atoms with Gasteiger partial charge >= 0.3 is 11.9 Å². The molecule has 1 aliphatic rings. The monoisotopic (exact) mass is 308 g/mol. The molecule has 120 valence electrons. The van der Waals surface area contributed by atoms with Gasteiger partial charge in [-0.25, -0.2) is 9.59 Å². The van der Waals surface area contributed by atoms with Crippen LogP contribution in [-0.2, 0) is 15.2 Å². The van der Waals surface area contributed by atoms with Gasteiger partial charge in [-0.15, -0.1) is 0 Å². The highest BCUT2D eigenvalue weighted by Gasteiger charge is 2.32. The molecule has 3 N–H and O–H groups in total. The van der Waals surface area contributed by atoms with E-state index in [4.69, 9.17) is 10.2 Å². The van der Waals surface area contributed by atoms with E-state index in [2.05, 4.69) is 16.9 Å². The number of aliphatic hydroxyl groups is 1. The van der Waals surface area contributed by atoms with Crippen LogP contribution in [0, 0.1) is 0 Å². The average Bonchev–Trinajstić information content (AvgIpc) is 2.50. The molecule has 2 heterocycles. The van der Waals surface area contributed by atoms with Crippen LogP contribution in [0.5, 0.6) is 0 Å². The molecule has 0 spiro atoms. The first kappa shape index (κ1) is 17.8. The molecule has 1 aromatic rings. The summed E-state index contributed by atoms with van der Waals surface area (Å²) in [4.78, 5) is 25.4. The fourth-order valence-corrected chi connectivity index (χ4v) is 2.06. The highest BCUT2D eigenvalue weighted by Crippen LogP contribution is 2.31. The molecule has 0 aromatic carbocycles. The maximum atomic E-state index is 10.4. The van der Waals surface area contributed by atoms with Crippen molar-refractivity contribution in [2.75, 3.05) is 20.1 Å². The molecule has 1 aliphatic heterocycles. The Balaban J connectivity index is 0.000000261. The summed E-state index contributed by atoms with van der Waals surface area (Å²) in [6.07, 6.45) is 6.22. The third kappa shape index (κ3) is 6.02. The van der Waals surface area contributed by atoms with Gasteiger partial charge in [0.15, 0.2) is 0 Å². The third-order valence-electron chi connectivity index (χ3n) is 3.38. The predicted molar refractivity (Wildman–Crippen MR) is 79.3 cm³/mol. The minimum Gasteiger partial charge on any atom is -0.478 e. The van der Waals surface area contributed by atoms with Crippen LogP contribution in [0.15, 0.2) is 36.7 Å². The van der Waals surface area contributed by atoms with E-state index in [0.29, 0.717) is 12.2 Å². The van der Waals surface area contributed by atoms with Gasteiger partial charge in [0, 0.05) is 43.2 Å². The van der Waals surface area contributed by atoms with E-state index >= 15 is 0 Å². The number of hydrogen-bond acceptors (Lipinski definition) is 5. The van der Waals surface area contributed by atoms with Crippen molar-refractivity contribution >= 4 is 11.9 Å². The van der Waals surface area contributed by atoms with Gasteiger partial charge in [0.1, 0.15) is 0 Å². The fraction of sp³-hybridized carbons (Fsp3) is 0.400. The van der Waals surface area contributed by atoms with E-state index in [1.165, 1.54) is 0 Å². The summed E-state index contributed by atoms with van der Waals surface area (Å²) < 4.78 is 0. The first-order valence-electron chi connectivity index (χ1n) is 6.79. The van der Waals surface area contributed by atoms with Gasteiger partial charge < -0.3 is 20.2 Å². The summed E-state index contributed by atoms with van der Waals surface area (Å²) in [5.74, 6) is -2.51. The number of aliphatic carboxylic acids is 2. The Morgan fingerprint density at radius 2 is 1.77 bits per heavy atom. The number of carbonyl (C=O) groups is 2. The molecule has 0 atom stereocenters. The Bertz CT molecular complexity index is 506. The number of likely N-dealkylation sites (tertiary alicyclic amines) is 1. The minimum absolute atomic E-state index is 0.558. The van der Waals surface area contributed by atoms with E-state index in [0.717, 1.165) is 31.5 Å². The lowest BCUT2D eigenvalue weighted by molar-refractivity contribution is -0.134. The van der Waals surface area contributed by atoms with E-state index in [1.54, 1.807) is 12.4 Å². The summed E-state index contributed by atoms with van der Waals surface area (Å²) >= 11 is 0. The number of piperidine rings is 1. The third-order valence-corrected chi connectivity index (χ3v) is 3.38. The quantitative estimate of drug-likeness (QED) is 0.705. The lowest BCUT2D eigenvalue weighted by Crippen LogP contribution is -2.40. The van der Waals surface area contributed by atoms with Crippen molar-refractivity contribution in [3.8, 4) is 0 Å². The maximum Gasteiger partial charge on any atom is 0.328 e. The summed E-state index contributed by atoms with van der Waals surface area (Å²) in [6.45, 7) is 1.90. The number of carboxylic acid groups (broad SMARTS) is 2. The summed E-state index contributed by atoms with van der Waals surface area (Å²) in [5, 5.41) is 26.0. The van der Waals surface area contributed by atoms with Crippen LogP contribution < -0.4 is 0 Å². The van der Waals surface area contributed by atoms with Gasteiger partial charge in [-0.2, -0.15) is 0 Å². The van der Waals surface area contributed by atoms with Gasteiger partial charge in [0.2, 0.25) is 0 Å². The topological polar surface area (TPSA) is 111 Å². The van der Waals surface area contributed by atoms with Crippen LogP contribution in [0.2, 0.25) is 0 Å². The number of carboxylic acids is 2. The molecule has 0 unspecified atom stereocenters. The summed E-state index contributed by atoms with van der Waals surface area (Å²) in [7, 11) is 2.09. The Labute approximate surface area is 128 Å². The van der Waals surface area contributed by atoms with Crippen molar-refractivity contribution in [2.45, 2.75) is 18.4 Å². The Morgan fingerprint density at radius 3 is 2.18 bits per heavy atom. The lowest BCUT2D eigenvalue weighted by atomic mass is 9.85. The Kier molecular flexibility index (Phi) is 6.68. The first-order chi connectivity index (χ1) is 10.3. The van der Waals surface area contributed by atoms with Crippen LogP contribution in [0.3, 0.4) is 0 Å². The second-order valence-corrected chi connectivity index (χ2v) is 5.09. The van der Waals surface area contributed by atoms with Gasteiger partial charge in [0.05, 0.1) is 5.60 Å². The molecule has 7 nitrogen and oxygen atoms in total. The number of hydrogen-bond donors (Lipinski definition) is 3. The number of pyridine rings is 1. The smallest absolute Gasteiger partial charge is 0.328 e. The van der Waals surface area contributed by atoms with Crippen molar-refractivity contribution < 1.29 is 24.9 Å². The molecule has 0 radical (unpaired) electrons. The van der Waals surface area contributed by atoms with Crippen LogP contribution >= 0.6 is 0 Å². The van der Waals surface area contributed by atoms with Crippen molar-refractivity contribution in [1.29, 1.82) is 0 Å². The molecule has 2 rings (SSSR count). The second-order valence-electron chi connectivity index (χ2n) is 5.09. The molecule has 1 aromatic heterocycles. The molecule has 0 amide bonds. The van der Waals surface area contributed by atoms with E-state index < -0.39 is 17.5 Å². The Hall–Kier alpha value is -2.25. The van der Waals surface area contributed by atoms with Crippen molar-refractivity contribution in [3.63, 3.8) is 0 Å². The number of rotatable bonds is 3. The molecular weight excluding hydrogens is 288 g/mol. The number of nitrogens with zero attached hydrogens (tertiary/aromatic N) is 2. The Morgan fingerprint density at radius 1 is 1.23 bits per heavy atom. The fourth-order valence-electron chi connectivity index (χ4n) is 2.06. The predicted octanol–water partition coefficient (Wildman–Crippen LogP) is 0.707. The maximum absolute atomic E-state index is 10.4. The van der Waals surface area contributed by atoms with Crippen molar-refractivity contribution in [3.05, 3.63) is 42.2 Å². The normalized spacial score (nSPS) is 17.5. The van der Waals surface area contributed by atoms with Crippen molar-refractivity contribution in [2.24, 2.45) is 0 Å². The van der Waals surface area contributed by atoms with Crippen LogP contribution in [0.1, 0.15) is 18.4 Å². The minimum atomic E-state index is -1.26. The number of aromatic nitrogens is 1. The molecule has 22 heavy (non-hydrogen) atoms. The zero-order chi connectivity index (χ0) is 16.6. The van der Waals surface area contributed by atoms with Crippen LogP contribution in [0.25, 0.3) is 0 Å². The zero-order valence-electron chi connectivity index (χ0n) is 12.3. The van der Waals surface area contributed by atoms with Crippen LogP contribution in [-0.4, -0.2) is 57.3 Å². The van der Waals surface area contributed by atoms with Gasteiger partial charge in [-0.05, 0) is 26.0 Å². The molecule has 7 heteroatoms. The molecular formula is C15H20N2O5.